The van der Waals surface area contributed by atoms with E-state index in [1.165, 1.54) is 0 Å². The summed E-state index contributed by atoms with van der Waals surface area (Å²) in [6.07, 6.45) is 1.52. The summed E-state index contributed by atoms with van der Waals surface area (Å²) in [4.78, 5) is 25.1. The van der Waals surface area contributed by atoms with Crippen LogP contribution >= 0.6 is 0 Å². The fourth-order valence-corrected chi connectivity index (χ4v) is 2.42. The molecule has 114 valence electrons. The van der Waals surface area contributed by atoms with Crippen molar-refractivity contribution in [3.8, 4) is 5.75 Å². The van der Waals surface area contributed by atoms with Crippen LogP contribution in [0, 0.1) is 0 Å². The molecular formula is C15H21N3O3. The number of carbonyl (C=O) groups excluding carboxylic acids is 2. The maximum atomic E-state index is 12.1. The Hall–Kier alpha value is -2.08. The van der Waals surface area contributed by atoms with Gasteiger partial charge in [0.05, 0.1) is 6.04 Å². The SMILES string of the molecule is CN1CC(NC(=O)[C@@H](N)Cc2ccc(O)cc2)CCC1=O. The van der Waals surface area contributed by atoms with Gasteiger partial charge in [-0.25, -0.2) is 0 Å². The van der Waals surface area contributed by atoms with E-state index in [0.29, 0.717) is 25.8 Å². The van der Waals surface area contributed by atoms with E-state index >= 15 is 0 Å². The molecule has 1 aromatic rings. The summed E-state index contributed by atoms with van der Waals surface area (Å²) < 4.78 is 0. The Morgan fingerprint density at radius 2 is 2.14 bits per heavy atom. The number of benzene rings is 1. The fraction of sp³-hybridized carbons (Fsp3) is 0.467. The van der Waals surface area contributed by atoms with Crippen LogP contribution in [0.1, 0.15) is 18.4 Å². The minimum absolute atomic E-state index is 0.0360. The lowest BCUT2D eigenvalue weighted by molar-refractivity contribution is -0.134. The van der Waals surface area contributed by atoms with Crippen LogP contribution in [0.2, 0.25) is 0 Å². The van der Waals surface area contributed by atoms with Gasteiger partial charge in [0.1, 0.15) is 5.75 Å². The van der Waals surface area contributed by atoms with Gasteiger partial charge in [-0.1, -0.05) is 12.1 Å². The molecule has 0 spiro atoms. The lowest BCUT2D eigenvalue weighted by atomic mass is 10.0. The van der Waals surface area contributed by atoms with E-state index in [1.807, 2.05) is 0 Å². The summed E-state index contributed by atoms with van der Waals surface area (Å²) in [5, 5.41) is 12.1. The van der Waals surface area contributed by atoms with Gasteiger partial charge < -0.3 is 21.1 Å². The number of phenols is 1. The van der Waals surface area contributed by atoms with E-state index in [2.05, 4.69) is 5.32 Å². The van der Waals surface area contributed by atoms with Gasteiger partial charge in [-0.15, -0.1) is 0 Å². The number of nitrogens with zero attached hydrogens (tertiary/aromatic N) is 1. The normalized spacial score (nSPS) is 20.2. The molecule has 1 aliphatic rings. The number of hydrogen-bond donors (Lipinski definition) is 3. The molecule has 0 radical (unpaired) electrons. The third-order valence-electron chi connectivity index (χ3n) is 3.70. The molecule has 1 saturated heterocycles. The van der Waals surface area contributed by atoms with Gasteiger partial charge in [-0.05, 0) is 30.5 Å². The molecule has 4 N–H and O–H groups in total. The van der Waals surface area contributed by atoms with Gasteiger partial charge in [-0.3, -0.25) is 9.59 Å². The lowest BCUT2D eigenvalue weighted by Crippen LogP contribution is -2.52. The Labute approximate surface area is 123 Å². The smallest absolute Gasteiger partial charge is 0.237 e. The second-order valence-electron chi connectivity index (χ2n) is 5.50. The number of likely N-dealkylation sites (N-methyl/N-ethyl adjacent to an activating group) is 1. The molecule has 2 rings (SSSR count). The summed E-state index contributed by atoms with van der Waals surface area (Å²) >= 11 is 0. The number of likely N-dealkylation sites (tertiary alicyclic amines) is 1. The highest BCUT2D eigenvalue weighted by atomic mass is 16.3. The molecule has 1 heterocycles. The first-order valence-corrected chi connectivity index (χ1v) is 7.03. The molecule has 6 heteroatoms. The number of hydrogen-bond acceptors (Lipinski definition) is 4. The van der Waals surface area contributed by atoms with Crippen molar-refractivity contribution in [1.82, 2.24) is 10.2 Å². The van der Waals surface area contributed by atoms with Crippen LogP contribution in [-0.4, -0.2) is 47.5 Å². The molecule has 2 amide bonds. The Morgan fingerprint density at radius 3 is 2.76 bits per heavy atom. The summed E-state index contributed by atoms with van der Waals surface area (Å²) in [6.45, 7) is 0.524. The van der Waals surface area contributed by atoms with Crippen LogP contribution in [0.15, 0.2) is 24.3 Å². The quantitative estimate of drug-likeness (QED) is 0.727. The predicted octanol–water partition coefficient (Wildman–Crippen LogP) is -0.001000. The highest BCUT2D eigenvalue weighted by Crippen LogP contribution is 2.12. The minimum atomic E-state index is -0.641. The Morgan fingerprint density at radius 1 is 1.48 bits per heavy atom. The second kappa shape index (κ2) is 6.58. The average molecular weight is 291 g/mol. The van der Waals surface area contributed by atoms with Crippen LogP contribution < -0.4 is 11.1 Å². The Balaban J connectivity index is 1.85. The molecule has 6 nitrogen and oxygen atoms in total. The standard InChI is InChI=1S/C15H21N3O3/c1-18-9-11(4-7-14(18)20)17-15(21)13(16)8-10-2-5-12(19)6-3-10/h2-3,5-6,11,13,19H,4,7-9,16H2,1H3,(H,17,21)/t11?,13-/m0/s1. The molecule has 1 unspecified atom stereocenters. The molecule has 0 aromatic heterocycles. The van der Waals surface area contributed by atoms with Crippen molar-refractivity contribution in [3.63, 3.8) is 0 Å². The van der Waals surface area contributed by atoms with Gasteiger partial charge in [0.15, 0.2) is 0 Å². The van der Waals surface area contributed by atoms with Gasteiger partial charge in [0, 0.05) is 26.1 Å². The van der Waals surface area contributed by atoms with E-state index in [1.54, 1.807) is 36.2 Å². The molecule has 1 fully saturated rings. The van der Waals surface area contributed by atoms with E-state index in [4.69, 9.17) is 5.73 Å². The predicted molar refractivity (Wildman–Crippen MR) is 78.6 cm³/mol. The number of phenolic OH excluding ortho intramolecular Hbond substituents is 1. The molecule has 21 heavy (non-hydrogen) atoms. The maximum Gasteiger partial charge on any atom is 0.237 e. The first-order chi connectivity index (χ1) is 9.95. The third-order valence-corrected chi connectivity index (χ3v) is 3.70. The number of piperidine rings is 1. The summed E-state index contributed by atoms with van der Waals surface area (Å²) in [6, 6.07) is 5.96. The van der Waals surface area contributed by atoms with Crippen LogP contribution in [0.3, 0.4) is 0 Å². The van der Waals surface area contributed by atoms with Crippen molar-refractivity contribution >= 4 is 11.8 Å². The van der Waals surface area contributed by atoms with Crippen molar-refractivity contribution in [2.24, 2.45) is 5.73 Å². The van der Waals surface area contributed by atoms with Crippen LogP contribution in [0.5, 0.6) is 5.75 Å². The third kappa shape index (κ3) is 4.19. The first kappa shape index (κ1) is 15.3. The van der Waals surface area contributed by atoms with Crippen molar-refractivity contribution in [2.45, 2.75) is 31.3 Å². The first-order valence-electron chi connectivity index (χ1n) is 7.03. The molecule has 1 aliphatic heterocycles. The zero-order valence-electron chi connectivity index (χ0n) is 12.1. The number of amides is 2. The summed E-state index contributed by atoms with van der Waals surface area (Å²) in [5.41, 5.74) is 6.81. The second-order valence-corrected chi connectivity index (χ2v) is 5.50. The van der Waals surface area contributed by atoms with Crippen LogP contribution in [0.4, 0.5) is 0 Å². The van der Waals surface area contributed by atoms with Gasteiger partial charge in [0.2, 0.25) is 11.8 Å². The van der Waals surface area contributed by atoms with Crippen molar-refractivity contribution in [2.75, 3.05) is 13.6 Å². The van der Waals surface area contributed by atoms with Gasteiger partial charge in [0.25, 0.3) is 0 Å². The van der Waals surface area contributed by atoms with E-state index in [-0.39, 0.29) is 23.6 Å². The average Bonchev–Trinajstić information content (AvgIpc) is 2.45. The molecule has 0 aliphatic carbocycles. The van der Waals surface area contributed by atoms with E-state index < -0.39 is 6.04 Å². The van der Waals surface area contributed by atoms with E-state index in [0.717, 1.165) is 5.56 Å². The van der Waals surface area contributed by atoms with Gasteiger partial charge in [-0.2, -0.15) is 0 Å². The fourth-order valence-electron chi connectivity index (χ4n) is 2.42. The van der Waals surface area contributed by atoms with Crippen LogP contribution in [-0.2, 0) is 16.0 Å². The number of rotatable bonds is 4. The highest BCUT2D eigenvalue weighted by Gasteiger charge is 2.25. The maximum absolute atomic E-state index is 12.1. The minimum Gasteiger partial charge on any atom is -0.508 e. The summed E-state index contributed by atoms with van der Waals surface area (Å²) in [5.74, 6) is 0.0800. The Bertz CT molecular complexity index is 515. The molecule has 2 atom stereocenters. The van der Waals surface area contributed by atoms with Crippen molar-refractivity contribution in [3.05, 3.63) is 29.8 Å². The Kier molecular flexibility index (Phi) is 4.80. The monoisotopic (exact) mass is 291 g/mol. The van der Waals surface area contributed by atoms with Crippen molar-refractivity contribution < 1.29 is 14.7 Å². The zero-order valence-corrected chi connectivity index (χ0v) is 12.1. The van der Waals surface area contributed by atoms with Crippen molar-refractivity contribution in [1.29, 1.82) is 0 Å². The number of aromatic hydroxyl groups is 1. The molecule has 0 saturated carbocycles. The lowest BCUT2D eigenvalue weighted by Gasteiger charge is -2.30. The number of carbonyl (C=O) groups is 2. The summed E-state index contributed by atoms with van der Waals surface area (Å²) in [7, 11) is 1.73. The molecule has 0 bridgehead atoms. The number of nitrogens with two attached hydrogens (primary N) is 1. The van der Waals surface area contributed by atoms with E-state index in [9.17, 15) is 14.7 Å². The zero-order chi connectivity index (χ0) is 15.4. The highest BCUT2D eigenvalue weighted by molar-refractivity contribution is 5.83. The van der Waals surface area contributed by atoms with Crippen LogP contribution in [0.25, 0.3) is 0 Å². The molecule has 1 aromatic carbocycles. The molecular weight excluding hydrogens is 270 g/mol. The largest absolute Gasteiger partial charge is 0.508 e. The van der Waals surface area contributed by atoms with Gasteiger partial charge >= 0.3 is 0 Å². The topological polar surface area (TPSA) is 95.7 Å². The number of nitrogens with one attached hydrogen (secondary N) is 1.